The highest BCUT2D eigenvalue weighted by atomic mass is 16.5. The first-order chi connectivity index (χ1) is 16.7. The van der Waals surface area contributed by atoms with Crippen LogP contribution in [0.2, 0.25) is 0 Å². The molecule has 35 heavy (non-hydrogen) atoms. The van der Waals surface area contributed by atoms with E-state index in [4.69, 9.17) is 4.74 Å². The lowest BCUT2D eigenvalue weighted by Crippen LogP contribution is -2.47. The summed E-state index contributed by atoms with van der Waals surface area (Å²) in [6.45, 7) is 8.77. The molecule has 1 aliphatic heterocycles. The molecular formula is C28H33N3O4. The first-order valence-electron chi connectivity index (χ1n) is 12.1. The highest BCUT2D eigenvalue weighted by Crippen LogP contribution is 2.30. The minimum atomic E-state index is -0.811. The molecule has 1 aromatic heterocycles. The van der Waals surface area contributed by atoms with Gasteiger partial charge in [-0.25, -0.2) is 4.90 Å². The number of aromatic nitrogens is 1. The second-order valence-electron chi connectivity index (χ2n) is 10.1. The fraction of sp³-hybridized carbons (Fsp3) is 0.393. The fourth-order valence-corrected chi connectivity index (χ4v) is 4.58. The molecule has 0 radical (unpaired) electrons. The molecule has 184 valence electrons. The van der Waals surface area contributed by atoms with Crippen LogP contribution in [0.3, 0.4) is 0 Å². The first-order valence-corrected chi connectivity index (χ1v) is 12.1. The molecule has 3 amide bonds. The normalized spacial score (nSPS) is 16.2. The van der Waals surface area contributed by atoms with Crippen LogP contribution in [0.1, 0.15) is 46.1 Å². The number of para-hydroxylation sites is 1. The Morgan fingerprint density at radius 1 is 1.11 bits per heavy atom. The van der Waals surface area contributed by atoms with Crippen molar-refractivity contribution in [2.45, 2.75) is 53.0 Å². The number of hydrogen-bond donors (Lipinski definition) is 1. The second kappa shape index (κ2) is 9.94. The number of H-pyrrole nitrogens is 1. The van der Waals surface area contributed by atoms with Crippen LogP contribution in [-0.4, -0.2) is 46.8 Å². The van der Waals surface area contributed by atoms with Crippen molar-refractivity contribution in [2.24, 2.45) is 5.41 Å². The number of ether oxygens (including phenoxy) is 1. The van der Waals surface area contributed by atoms with E-state index in [2.05, 4.69) is 4.98 Å². The van der Waals surface area contributed by atoms with Gasteiger partial charge in [0.2, 0.25) is 11.8 Å². The van der Waals surface area contributed by atoms with Crippen LogP contribution in [0.4, 0.5) is 5.69 Å². The summed E-state index contributed by atoms with van der Waals surface area (Å²) >= 11 is 0. The van der Waals surface area contributed by atoms with Gasteiger partial charge in [0.05, 0.1) is 18.7 Å². The summed E-state index contributed by atoms with van der Waals surface area (Å²) in [5, 5.41) is 1.10. The van der Waals surface area contributed by atoms with Gasteiger partial charge < -0.3 is 14.6 Å². The number of benzene rings is 2. The number of anilines is 1. The van der Waals surface area contributed by atoms with Crippen molar-refractivity contribution < 1.29 is 19.1 Å². The summed E-state index contributed by atoms with van der Waals surface area (Å²) in [5.41, 5.74) is 2.36. The Morgan fingerprint density at radius 2 is 1.83 bits per heavy atom. The number of rotatable bonds is 8. The zero-order valence-corrected chi connectivity index (χ0v) is 20.8. The maximum Gasteiger partial charge on any atom is 0.257 e. The maximum absolute atomic E-state index is 13.5. The zero-order chi connectivity index (χ0) is 25.2. The number of imide groups is 1. The van der Waals surface area contributed by atoms with Gasteiger partial charge in [-0.1, -0.05) is 39.0 Å². The van der Waals surface area contributed by atoms with E-state index in [1.54, 1.807) is 29.2 Å². The molecule has 2 aromatic carbocycles. The van der Waals surface area contributed by atoms with Crippen LogP contribution < -0.4 is 9.64 Å². The molecule has 2 heterocycles. The number of hydrogen-bond acceptors (Lipinski definition) is 4. The highest BCUT2D eigenvalue weighted by Gasteiger charge is 2.44. The van der Waals surface area contributed by atoms with Gasteiger partial charge in [-0.2, -0.15) is 0 Å². The van der Waals surface area contributed by atoms with Crippen LogP contribution in [0.15, 0.2) is 54.7 Å². The standard InChI is InChI=1S/C28H33N3O4/c1-5-35-21-12-10-20(11-13-21)31-25(32)16-24(27(31)34)30(26(33)17-28(2,3)4)15-14-19-18-29-23-9-7-6-8-22(19)23/h6-13,18,24,29H,5,14-17H2,1-4H3. The third kappa shape index (κ3) is 5.39. The molecule has 7 nitrogen and oxygen atoms in total. The van der Waals surface area contributed by atoms with E-state index in [1.165, 1.54) is 4.90 Å². The van der Waals surface area contributed by atoms with E-state index in [9.17, 15) is 14.4 Å². The molecule has 1 saturated heterocycles. The largest absolute Gasteiger partial charge is 0.494 e. The smallest absolute Gasteiger partial charge is 0.257 e. The SMILES string of the molecule is CCOc1ccc(N2C(=O)CC(N(CCc3c[nH]c4ccccc34)C(=O)CC(C)(C)C)C2=O)cc1. The molecule has 1 aliphatic rings. The lowest BCUT2D eigenvalue weighted by atomic mass is 9.91. The lowest BCUT2D eigenvalue weighted by Gasteiger charge is -2.30. The quantitative estimate of drug-likeness (QED) is 0.479. The monoisotopic (exact) mass is 475 g/mol. The highest BCUT2D eigenvalue weighted by molar-refractivity contribution is 6.23. The summed E-state index contributed by atoms with van der Waals surface area (Å²) in [6, 6.07) is 14.1. The number of nitrogens with one attached hydrogen (secondary N) is 1. The van der Waals surface area contributed by atoms with Crippen molar-refractivity contribution >= 4 is 34.3 Å². The van der Waals surface area contributed by atoms with Gasteiger partial charge in [-0.3, -0.25) is 14.4 Å². The molecule has 0 spiro atoms. The molecule has 0 bridgehead atoms. The topological polar surface area (TPSA) is 82.7 Å². The third-order valence-corrected chi connectivity index (χ3v) is 6.20. The van der Waals surface area contributed by atoms with Gasteiger partial charge in [-0.05, 0) is 54.7 Å². The Balaban J connectivity index is 1.58. The Labute approximate surface area is 206 Å². The summed E-state index contributed by atoms with van der Waals surface area (Å²) in [5.74, 6) is -0.102. The van der Waals surface area contributed by atoms with Crippen molar-refractivity contribution in [3.63, 3.8) is 0 Å². The summed E-state index contributed by atoms with van der Waals surface area (Å²) < 4.78 is 5.47. The van der Waals surface area contributed by atoms with Gasteiger partial charge in [0.1, 0.15) is 11.8 Å². The van der Waals surface area contributed by atoms with Crippen molar-refractivity contribution in [1.29, 1.82) is 0 Å². The van der Waals surface area contributed by atoms with E-state index in [-0.39, 0.29) is 29.6 Å². The van der Waals surface area contributed by atoms with Crippen molar-refractivity contribution in [3.05, 3.63) is 60.3 Å². The van der Waals surface area contributed by atoms with Gasteiger partial charge in [0.15, 0.2) is 0 Å². The summed E-state index contributed by atoms with van der Waals surface area (Å²) in [7, 11) is 0. The molecule has 4 rings (SSSR count). The van der Waals surface area contributed by atoms with E-state index in [0.717, 1.165) is 16.5 Å². The van der Waals surface area contributed by atoms with Crippen LogP contribution in [0, 0.1) is 5.41 Å². The number of amides is 3. The van der Waals surface area contributed by atoms with Gasteiger partial charge in [0.25, 0.3) is 5.91 Å². The molecule has 1 unspecified atom stereocenters. The van der Waals surface area contributed by atoms with E-state index >= 15 is 0 Å². The average Bonchev–Trinajstić information content (AvgIpc) is 3.34. The van der Waals surface area contributed by atoms with Crippen LogP contribution in [0.25, 0.3) is 10.9 Å². The van der Waals surface area contributed by atoms with Crippen LogP contribution in [-0.2, 0) is 20.8 Å². The molecule has 3 aromatic rings. The van der Waals surface area contributed by atoms with E-state index in [0.29, 0.717) is 37.4 Å². The predicted molar refractivity (Wildman–Crippen MR) is 136 cm³/mol. The summed E-state index contributed by atoms with van der Waals surface area (Å²) in [4.78, 5) is 45.9. The number of carbonyl (C=O) groups is 3. The van der Waals surface area contributed by atoms with Gasteiger partial charge >= 0.3 is 0 Å². The Kier molecular flexibility index (Phi) is 6.96. The van der Waals surface area contributed by atoms with Crippen molar-refractivity contribution in [3.8, 4) is 5.75 Å². The van der Waals surface area contributed by atoms with E-state index in [1.807, 2.05) is 58.2 Å². The average molecular weight is 476 g/mol. The van der Waals surface area contributed by atoms with E-state index < -0.39 is 6.04 Å². The number of aromatic amines is 1. The molecule has 0 aliphatic carbocycles. The predicted octanol–water partition coefficient (Wildman–Crippen LogP) is 4.71. The third-order valence-electron chi connectivity index (χ3n) is 6.20. The zero-order valence-electron chi connectivity index (χ0n) is 20.8. The van der Waals surface area contributed by atoms with Crippen LogP contribution >= 0.6 is 0 Å². The number of fused-ring (bicyclic) bond motifs is 1. The molecule has 1 atom stereocenters. The molecule has 0 saturated carbocycles. The van der Waals surface area contributed by atoms with Gasteiger partial charge in [0, 0.05) is 30.1 Å². The lowest BCUT2D eigenvalue weighted by molar-refractivity contribution is -0.139. The minimum absolute atomic E-state index is 0.0180. The maximum atomic E-state index is 13.5. The molecule has 1 fully saturated rings. The Morgan fingerprint density at radius 3 is 2.51 bits per heavy atom. The first kappa shape index (κ1) is 24.5. The Bertz CT molecular complexity index is 1220. The molecular weight excluding hydrogens is 442 g/mol. The second-order valence-corrected chi connectivity index (χ2v) is 10.1. The number of nitrogens with zero attached hydrogens (tertiary/aromatic N) is 2. The molecule has 7 heteroatoms. The fourth-order valence-electron chi connectivity index (χ4n) is 4.58. The summed E-state index contributed by atoms with van der Waals surface area (Å²) in [6.07, 6.45) is 2.81. The Hall–Kier alpha value is -3.61. The molecule has 1 N–H and O–H groups in total. The van der Waals surface area contributed by atoms with Crippen molar-refractivity contribution in [1.82, 2.24) is 9.88 Å². The van der Waals surface area contributed by atoms with Crippen molar-refractivity contribution in [2.75, 3.05) is 18.1 Å². The number of carbonyl (C=O) groups excluding carboxylic acids is 3. The van der Waals surface area contributed by atoms with Crippen LogP contribution in [0.5, 0.6) is 5.75 Å². The van der Waals surface area contributed by atoms with Gasteiger partial charge in [-0.15, -0.1) is 0 Å². The minimum Gasteiger partial charge on any atom is -0.494 e.